The topological polar surface area (TPSA) is 77.2 Å². The third kappa shape index (κ3) is 4.61. The molecule has 27 heavy (non-hydrogen) atoms. The lowest BCUT2D eigenvalue weighted by Gasteiger charge is -2.11. The van der Waals surface area contributed by atoms with Gasteiger partial charge in [0.2, 0.25) is 5.91 Å². The number of aryl methyl sites for hydroxylation is 2. The minimum absolute atomic E-state index is 0.122. The maximum Gasteiger partial charge on any atom is 0.277 e. The number of halogens is 1. The predicted molar refractivity (Wildman–Crippen MR) is 107 cm³/mol. The first-order valence-electron chi connectivity index (χ1n) is 8.14. The van der Waals surface area contributed by atoms with E-state index in [1.165, 1.54) is 0 Å². The molecule has 1 N–H and O–H groups in total. The molecule has 8 heteroatoms. The lowest BCUT2D eigenvalue weighted by molar-refractivity contribution is -0.113. The number of hydrogen-bond donors (Lipinski definition) is 1. The van der Waals surface area contributed by atoms with E-state index in [2.05, 4.69) is 15.5 Å². The fourth-order valence-corrected chi connectivity index (χ4v) is 3.51. The number of carbonyl (C=O) groups is 1. The highest BCUT2D eigenvalue weighted by Crippen LogP contribution is 2.31. The summed E-state index contributed by atoms with van der Waals surface area (Å²) in [7, 11) is 1.58. The van der Waals surface area contributed by atoms with Crippen molar-refractivity contribution in [3.8, 4) is 17.2 Å². The van der Waals surface area contributed by atoms with E-state index in [4.69, 9.17) is 20.8 Å². The van der Waals surface area contributed by atoms with Crippen LogP contribution in [0.5, 0.6) is 5.75 Å². The zero-order chi connectivity index (χ0) is 19.4. The van der Waals surface area contributed by atoms with Gasteiger partial charge in [-0.1, -0.05) is 41.6 Å². The second-order valence-corrected chi connectivity index (χ2v) is 7.18. The molecule has 1 heterocycles. The molecule has 0 bridgehead atoms. The molecule has 2 aromatic carbocycles. The molecule has 3 aromatic rings. The number of nitrogens with zero attached hydrogens (tertiary/aromatic N) is 2. The molecule has 0 aliphatic heterocycles. The highest BCUT2D eigenvalue weighted by molar-refractivity contribution is 7.99. The number of nitrogens with one attached hydrogen (secondary N) is 1. The third-order valence-corrected chi connectivity index (χ3v) is 4.88. The van der Waals surface area contributed by atoms with Crippen LogP contribution in [0.2, 0.25) is 5.02 Å². The normalized spacial score (nSPS) is 10.7. The SMILES string of the molecule is COc1ccccc1-c1nnc(SCC(=O)Nc2c(C)cc(C)cc2Cl)o1. The van der Waals surface area contributed by atoms with E-state index in [1.807, 2.05) is 50.2 Å². The molecule has 0 aliphatic carbocycles. The predicted octanol–water partition coefficient (Wildman–Crippen LogP) is 4.75. The van der Waals surface area contributed by atoms with Gasteiger partial charge in [-0.3, -0.25) is 4.79 Å². The molecule has 0 saturated carbocycles. The van der Waals surface area contributed by atoms with Gasteiger partial charge in [-0.15, -0.1) is 10.2 Å². The molecule has 0 atom stereocenters. The van der Waals surface area contributed by atoms with Crippen LogP contribution in [0.4, 0.5) is 5.69 Å². The first-order valence-corrected chi connectivity index (χ1v) is 9.50. The number of amides is 1. The molecule has 0 saturated heterocycles. The van der Waals surface area contributed by atoms with Crippen molar-refractivity contribution in [2.45, 2.75) is 19.1 Å². The van der Waals surface area contributed by atoms with Crippen molar-refractivity contribution < 1.29 is 13.9 Å². The first-order chi connectivity index (χ1) is 13.0. The number of rotatable bonds is 6. The number of aromatic nitrogens is 2. The summed E-state index contributed by atoms with van der Waals surface area (Å²) < 4.78 is 10.9. The molecule has 0 aliphatic rings. The van der Waals surface area contributed by atoms with Crippen molar-refractivity contribution in [1.29, 1.82) is 0 Å². The van der Waals surface area contributed by atoms with E-state index in [9.17, 15) is 4.79 Å². The Kier molecular flexibility index (Phi) is 6.03. The number of benzene rings is 2. The number of carbonyl (C=O) groups excluding carboxylic acids is 1. The molecule has 0 unspecified atom stereocenters. The van der Waals surface area contributed by atoms with Gasteiger partial charge in [0.1, 0.15) is 5.75 Å². The van der Waals surface area contributed by atoms with E-state index < -0.39 is 0 Å². The summed E-state index contributed by atoms with van der Waals surface area (Å²) in [4.78, 5) is 12.3. The smallest absolute Gasteiger partial charge is 0.277 e. The summed E-state index contributed by atoms with van der Waals surface area (Å²) in [5.74, 6) is 0.899. The van der Waals surface area contributed by atoms with E-state index in [0.717, 1.165) is 22.9 Å². The minimum Gasteiger partial charge on any atom is -0.496 e. The van der Waals surface area contributed by atoms with Crippen LogP contribution in [0.25, 0.3) is 11.5 Å². The van der Waals surface area contributed by atoms with Crippen LogP contribution in [0.3, 0.4) is 0 Å². The van der Waals surface area contributed by atoms with Crippen molar-refractivity contribution in [2.24, 2.45) is 0 Å². The molecular formula is C19H18ClN3O3S. The van der Waals surface area contributed by atoms with Gasteiger partial charge in [0.25, 0.3) is 11.1 Å². The standard InChI is InChI=1S/C19H18ClN3O3S/c1-11-8-12(2)17(14(20)9-11)21-16(24)10-27-19-23-22-18(26-19)13-6-4-5-7-15(13)25-3/h4-9H,10H2,1-3H3,(H,21,24). The van der Waals surface area contributed by atoms with Crippen molar-refractivity contribution in [3.63, 3.8) is 0 Å². The van der Waals surface area contributed by atoms with Crippen LogP contribution in [0.15, 0.2) is 46.0 Å². The van der Waals surface area contributed by atoms with Crippen LogP contribution in [0.1, 0.15) is 11.1 Å². The summed E-state index contributed by atoms with van der Waals surface area (Å²) in [6, 6.07) is 11.1. The van der Waals surface area contributed by atoms with Crippen LogP contribution in [0, 0.1) is 13.8 Å². The monoisotopic (exact) mass is 403 g/mol. The van der Waals surface area contributed by atoms with E-state index in [-0.39, 0.29) is 11.7 Å². The van der Waals surface area contributed by atoms with Crippen LogP contribution < -0.4 is 10.1 Å². The zero-order valence-electron chi connectivity index (χ0n) is 15.1. The Morgan fingerprint density at radius 1 is 1.26 bits per heavy atom. The quantitative estimate of drug-likeness (QED) is 0.598. The summed E-state index contributed by atoms with van der Waals surface area (Å²) in [5, 5.41) is 11.7. The molecule has 1 aromatic heterocycles. The molecule has 0 fully saturated rings. The average molecular weight is 404 g/mol. The van der Waals surface area contributed by atoms with E-state index >= 15 is 0 Å². The third-order valence-electron chi connectivity index (χ3n) is 3.77. The van der Waals surface area contributed by atoms with Crippen molar-refractivity contribution in [2.75, 3.05) is 18.2 Å². The van der Waals surface area contributed by atoms with Gasteiger partial charge in [0.05, 0.1) is 29.1 Å². The molecule has 140 valence electrons. The Morgan fingerprint density at radius 3 is 2.78 bits per heavy atom. The molecule has 0 spiro atoms. The van der Waals surface area contributed by atoms with Crippen molar-refractivity contribution >= 4 is 35.0 Å². The highest BCUT2D eigenvalue weighted by atomic mass is 35.5. The Hall–Kier alpha value is -2.51. The molecule has 3 rings (SSSR count). The van der Waals surface area contributed by atoms with Gasteiger partial charge >= 0.3 is 0 Å². The zero-order valence-corrected chi connectivity index (χ0v) is 16.6. The lowest BCUT2D eigenvalue weighted by atomic mass is 10.1. The van der Waals surface area contributed by atoms with Crippen LogP contribution >= 0.6 is 23.4 Å². The fourth-order valence-electron chi connectivity index (χ4n) is 2.58. The Balaban J connectivity index is 1.64. The maximum atomic E-state index is 12.3. The maximum absolute atomic E-state index is 12.3. The Morgan fingerprint density at radius 2 is 2.04 bits per heavy atom. The minimum atomic E-state index is -0.203. The van der Waals surface area contributed by atoms with Gasteiger partial charge in [-0.05, 0) is 43.2 Å². The molecule has 6 nitrogen and oxygen atoms in total. The van der Waals surface area contributed by atoms with Crippen LogP contribution in [-0.4, -0.2) is 29.0 Å². The second kappa shape index (κ2) is 8.45. The Labute approximate surface area is 166 Å². The number of ether oxygens (including phenoxy) is 1. The molecule has 1 amide bonds. The van der Waals surface area contributed by atoms with Crippen LogP contribution in [-0.2, 0) is 4.79 Å². The number of thioether (sulfide) groups is 1. The lowest BCUT2D eigenvalue weighted by Crippen LogP contribution is -2.15. The summed E-state index contributed by atoms with van der Waals surface area (Å²) >= 11 is 7.38. The summed E-state index contributed by atoms with van der Waals surface area (Å²) in [6.45, 7) is 3.86. The molecule has 0 radical (unpaired) electrons. The number of methoxy groups -OCH3 is 1. The summed E-state index contributed by atoms with van der Waals surface area (Å²) in [6.07, 6.45) is 0. The fraction of sp³-hybridized carbons (Fsp3) is 0.211. The number of anilines is 1. The van der Waals surface area contributed by atoms with E-state index in [1.54, 1.807) is 7.11 Å². The largest absolute Gasteiger partial charge is 0.496 e. The first kappa shape index (κ1) is 19.3. The second-order valence-electron chi connectivity index (χ2n) is 5.85. The van der Waals surface area contributed by atoms with Gasteiger partial charge in [-0.2, -0.15) is 0 Å². The summed E-state index contributed by atoms with van der Waals surface area (Å²) in [5.41, 5.74) is 3.27. The van der Waals surface area contributed by atoms with Gasteiger partial charge in [0, 0.05) is 0 Å². The van der Waals surface area contributed by atoms with Gasteiger partial charge in [-0.25, -0.2) is 0 Å². The average Bonchev–Trinajstić information content (AvgIpc) is 3.11. The molecular weight excluding hydrogens is 386 g/mol. The number of hydrogen-bond acceptors (Lipinski definition) is 6. The van der Waals surface area contributed by atoms with Crippen molar-refractivity contribution in [3.05, 3.63) is 52.5 Å². The van der Waals surface area contributed by atoms with Gasteiger partial charge < -0.3 is 14.5 Å². The number of para-hydroxylation sites is 1. The van der Waals surface area contributed by atoms with E-state index in [0.29, 0.717) is 33.1 Å². The van der Waals surface area contributed by atoms with Gasteiger partial charge in [0.15, 0.2) is 0 Å². The van der Waals surface area contributed by atoms with Crippen molar-refractivity contribution in [1.82, 2.24) is 10.2 Å². The highest BCUT2D eigenvalue weighted by Gasteiger charge is 2.15. The Bertz CT molecular complexity index is 951.